The fourth-order valence-corrected chi connectivity index (χ4v) is 2.08. The topological polar surface area (TPSA) is 135 Å². The lowest BCUT2D eigenvalue weighted by molar-refractivity contribution is 0.248. The van der Waals surface area contributed by atoms with Crippen molar-refractivity contribution in [1.29, 1.82) is 0 Å². The Kier molecular flexibility index (Phi) is 6.24. The van der Waals surface area contributed by atoms with Crippen molar-refractivity contribution in [2.45, 2.75) is 6.42 Å². The minimum Gasteiger partial charge on any atom is -0.350 e. The molecule has 2 rings (SSSR count). The third-order valence-electron chi connectivity index (χ3n) is 3.15. The zero-order chi connectivity index (χ0) is 18.1. The number of nitrogens with one attached hydrogen (secondary N) is 2. The highest BCUT2D eigenvalue weighted by molar-refractivity contribution is 6.18. The van der Waals surface area contributed by atoms with E-state index in [0.717, 1.165) is 11.1 Å². The molecular weight excluding hydrogens is 320 g/mol. The maximum absolute atomic E-state index is 11.0. The number of amides is 4. The Balaban J connectivity index is 2.37. The van der Waals surface area contributed by atoms with E-state index in [1.54, 1.807) is 0 Å². The molecule has 0 aliphatic carbocycles. The van der Waals surface area contributed by atoms with E-state index in [4.69, 9.17) is 11.5 Å². The molecule has 0 aliphatic heterocycles. The van der Waals surface area contributed by atoms with Crippen LogP contribution in [0.1, 0.15) is 17.5 Å². The monoisotopic (exact) mass is 338 g/mol. The quantitative estimate of drug-likeness (QED) is 0.469. The first-order chi connectivity index (χ1) is 12.1. The third kappa shape index (κ3) is 5.79. The van der Waals surface area contributed by atoms with Crippen molar-refractivity contribution < 1.29 is 9.59 Å². The predicted octanol–water partition coefficient (Wildman–Crippen LogP) is 1.52. The molecule has 128 valence electrons. The normalized spacial score (nSPS) is 11.7. The Hall–Kier alpha value is -3.68. The Morgan fingerprint density at radius 3 is 1.40 bits per heavy atom. The molecule has 2 aromatic rings. The van der Waals surface area contributed by atoms with Gasteiger partial charge in [-0.3, -0.25) is 0 Å². The van der Waals surface area contributed by atoms with Gasteiger partial charge in [-0.1, -0.05) is 60.7 Å². The summed E-state index contributed by atoms with van der Waals surface area (Å²) in [6, 6.07) is 16.9. The zero-order valence-electron chi connectivity index (χ0n) is 13.3. The van der Waals surface area contributed by atoms with E-state index >= 15 is 0 Å². The lowest BCUT2D eigenvalue weighted by Gasteiger charge is -2.10. The summed E-state index contributed by atoms with van der Waals surface area (Å²) >= 11 is 0. The van der Waals surface area contributed by atoms with Gasteiger partial charge < -0.3 is 11.5 Å². The van der Waals surface area contributed by atoms with E-state index in [0.29, 0.717) is 11.4 Å². The summed E-state index contributed by atoms with van der Waals surface area (Å²) in [4.78, 5) is 22.0. The van der Waals surface area contributed by atoms with Crippen molar-refractivity contribution in [3.8, 4) is 0 Å². The van der Waals surface area contributed by atoms with Gasteiger partial charge in [-0.05, 0) is 11.1 Å². The molecular formula is C17H18N6O2. The first kappa shape index (κ1) is 17.7. The average Bonchev–Trinajstić information content (AvgIpc) is 2.62. The average molecular weight is 338 g/mol. The van der Waals surface area contributed by atoms with E-state index in [1.165, 1.54) is 0 Å². The van der Waals surface area contributed by atoms with Gasteiger partial charge in [0.2, 0.25) is 0 Å². The number of primary amides is 2. The van der Waals surface area contributed by atoms with Crippen LogP contribution in [0.2, 0.25) is 0 Å². The maximum Gasteiger partial charge on any atom is 0.332 e. The summed E-state index contributed by atoms with van der Waals surface area (Å²) in [6.07, 6.45) is 0.231. The first-order valence-electron chi connectivity index (χ1n) is 7.41. The summed E-state index contributed by atoms with van der Waals surface area (Å²) in [5, 5.41) is 8.11. The van der Waals surface area contributed by atoms with Crippen LogP contribution in [0.25, 0.3) is 0 Å². The van der Waals surface area contributed by atoms with Gasteiger partial charge in [-0.25, -0.2) is 20.4 Å². The number of rotatable bonds is 6. The summed E-state index contributed by atoms with van der Waals surface area (Å²) < 4.78 is 0. The number of urea groups is 2. The number of nitrogens with two attached hydrogens (primary N) is 2. The van der Waals surface area contributed by atoms with Gasteiger partial charge in [-0.2, -0.15) is 10.2 Å². The molecule has 25 heavy (non-hydrogen) atoms. The molecule has 4 amide bonds. The van der Waals surface area contributed by atoms with Crippen molar-refractivity contribution in [2.75, 3.05) is 0 Å². The molecule has 0 spiro atoms. The van der Waals surface area contributed by atoms with Crippen LogP contribution >= 0.6 is 0 Å². The SMILES string of the molecule is NC(=O)N/N=C(/C/C(=N/NC(N)=O)c1ccccc1)c1ccccc1. The van der Waals surface area contributed by atoms with E-state index < -0.39 is 12.1 Å². The molecule has 0 saturated heterocycles. The summed E-state index contributed by atoms with van der Waals surface area (Å²) in [5.41, 5.74) is 17.2. The highest BCUT2D eigenvalue weighted by atomic mass is 16.2. The van der Waals surface area contributed by atoms with Gasteiger partial charge in [0.15, 0.2) is 0 Å². The van der Waals surface area contributed by atoms with Gasteiger partial charge in [0.25, 0.3) is 0 Å². The maximum atomic E-state index is 11.0. The molecule has 0 bridgehead atoms. The molecule has 8 heteroatoms. The molecule has 0 fully saturated rings. The fraction of sp³-hybridized carbons (Fsp3) is 0.0588. The molecule has 0 heterocycles. The lowest BCUT2D eigenvalue weighted by Crippen LogP contribution is -2.28. The van der Waals surface area contributed by atoms with Gasteiger partial charge in [0.05, 0.1) is 11.4 Å². The van der Waals surface area contributed by atoms with Crippen molar-refractivity contribution >= 4 is 23.5 Å². The van der Waals surface area contributed by atoms with E-state index in [-0.39, 0.29) is 6.42 Å². The van der Waals surface area contributed by atoms with Crippen molar-refractivity contribution in [3.63, 3.8) is 0 Å². The molecule has 0 aliphatic rings. The van der Waals surface area contributed by atoms with Crippen LogP contribution in [0.4, 0.5) is 9.59 Å². The number of carbonyl (C=O) groups excluding carboxylic acids is 2. The fourth-order valence-electron chi connectivity index (χ4n) is 2.08. The smallest absolute Gasteiger partial charge is 0.332 e. The molecule has 0 saturated carbocycles. The van der Waals surface area contributed by atoms with Crippen LogP contribution in [0.15, 0.2) is 70.9 Å². The molecule has 0 radical (unpaired) electrons. The first-order valence-corrected chi connectivity index (χ1v) is 7.41. The van der Waals surface area contributed by atoms with E-state index in [9.17, 15) is 9.59 Å². The highest BCUT2D eigenvalue weighted by Gasteiger charge is 2.12. The van der Waals surface area contributed by atoms with Crippen LogP contribution in [-0.2, 0) is 0 Å². The van der Waals surface area contributed by atoms with Crippen LogP contribution in [-0.4, -0.2) is 23.5 Å². The standard InChI is InChI=1S/C17H18N6O2/c18-16(24)22-20-14(12-7-3-1-4-8-12)11-15(21-23-17(19)25)13-9-5-2-6-10-13/h1-10H,11H2,(H3,18,22,24)(H3,19,23,25)/b20-14-,21-15-. The summed E-state index contributed by atoms with van der Waals surface area (Å²) in [7, 11) is 0. The van der Waals surface area contributed by atoms with Crippen LogP contribution in [0, 0.1) is 0 Å². The summed E-state index contributed by atoms with van der Waals surface area (Å²) in [6.45, 7) is 0. The van der Waals surface area contributed by atoms with Crippen LogP contribution in [0.3, 0.4) is 0 Å². The Labute approximate surface area is 144 Å². The van der Waals surface area contributed by atoms with Crippen LogP contribution in [0.5, 0.6) is 0 Å². The number of hydrazone groups is 2. The molecule has 0 atom stereocenters. The van der Waals surface area contributed by atoms with E-state index in [2.05, 4.69) is 21.1 Å². The zero-order valence-corrected chi connectivity index (χ0v) is 13.3. The van der Waals surface area contributed by atoms with Crippen molar-refractivity contribution in [3.05, 3.63) is 71.8 Å². The number of hydrogen-bond donors (Lipinski definition) is 4. The van der Waals surface area contributed by atoms with Crippen LogP contribution < -0.4 is 22.3 Å². The second kappa shape index (κ2) is 8.82. The largest absolute Gasteiger partial charge is 0.350 e. The third-order valence-corrected chi connectivity index (χ3v) is 3.15. The van der Waals surface area contributed by atoms with Gasteiger partial charge >= 0.3 is 12.1 Å². The van der Waals surface area contributed by atoms with Crippen molar-refractivity contribution in [1.82, 2.24) is 10.9 Å². The molecule has 0 unspecified atom stereocenters. The molecule has 8 nitrogen and oxygen atoms in total. The highest BCUT2D eigenvalue weighted by Crippen LogP contribution is 2.10. The second-order valence-electron chi connectivity index (χ2n) is 4.98. The summed E-state index contributed by atoms with van der Waals surface area (Å²) in [5.74, 6) is 0. The number of hydrogen-bond acceptors (Lipinski definition) is 4. The Bertz CT molecular complexity index is 720. The van der Waals surface area contributed by atoms with Gasteiger partial charge in [0.1, 0.15) is 0 Å². The van der Waals surface area contributed by atoms with E-state index in [1.807, 2.05) is 60.7 Å². The second-order valence-corrected chi connectivity index (χ2v) is 4.98. The molecule has 2 aromatic carbocycles. The molecule has 6 N–H and O–H groups in total. The van der Waals surface area contributed by atoms with Gasteiger partial charge in [0, 0.05) is 6.42 Å². The minimum absolute atomic E-state index is 0.231. The lowest BCUT2D eigenvalue weighted by atomic mass is 10.0. The predicted molar refractivity (Wildman–Crippen MR) is 96.0 cm³/mol. The van der Waals surface area contributed by atoms with Gasteiger partial charge in [-0.15, -0.1) is 0 Å². The Morgan fingerprint density at radius 1 is 0.720 bits per heavy atom. The van der Waals surface area contributed by atoms with Crippen molar-refractivity contribution in [2.24, 2.45) is 21.7 Å². The number of benzene rings is 2. The molecule has 0 aromatic heterocycles. The minimum atomic E-state index is -0.776. The number of nitrogens with zero attached hydrogens (tertiary/aromatic N) is 2. The number of carbonyl (C=O) groups is 2. The Morgan fingerprint density at radius 2 is 1.08 bits per heavy atom.